The molecule has 1 heterocycles. The number of benzene rings is 2. The van der Waals surface area contributed by atoms with Crippen LogP contribution in [-0.2, 0) is 4.79 Å². The van der Waals surface area contributed by atoms with Crippen LogP contribution in [0.1, 0.15) is 41.3 Å². The van der Waals surface area contributed by atoms with Crippen molar-refractivity contribution >= 4 is 11.8 Å². The Balaban J connectivity index is 1.93. The van der Waals surface area contributed by atoms with Gasteiger partial charge in [0.15, 0.2) is 0 Å². The molecule has 6 nitrogen and oxygen atoms in total. The fraction of sp³-hybridized carbons (Fsp3) is 0.440. The molecule has 166 valence electrons. The molecular weight excluding hydrogens is 392 g/mol. The molecule has 0 radical (unpaired) electrons. The minimum absolute atomic E-state index is 0.0391. The van der Waals surface area contributed by atoms with Gasteiger partial charge in [-0.15, -0.1) is 0 Å². The van der Waals surface area contributed by atoms with E-state index in [9.17, 15) is 9.59 Å². The van der Waals surface area contributed by atoms with Gasteiger partial charge in [0.25, 0.3) is 5.91 Å². The van der Waals surface area contributed by atoms with Crippen LogP contribution in [0.25, 0.3) is 0 Å². The van der Waals surface area contributed by atoms with E-state index in [1.807, 2.05) is 49.4 Å². The molecule has 0 spiro atoms. The standard InChI is InChI=1S/C25H32N2O4/c1-16(2)13-26-24(28)22-15-27(25(29)18-8-6-17(3)7-9-18)14-21(22)20-12-19(30-4)10-11-23(20)31-5/h6-12,16,21-22H,13-15H2,1-5H3,(H,26,28)/t21-,22-/m0/s1. The maximum absolute atomic E-state index is 13.2. The number of hydrogen-bond donors (Lipinski definition) is 1. The largest absolute Gasteiger partial charge is 0.497 e. The first-order valence-corrected chi connectivity index (χ1v) is 10.7. The summed E-state index contributed by atoms with van der Waals surface area (Å²) in [6.45, 7) is 7.51. The molecule has 0 saturated carbocycles. The third kappa shape index (κ3) is 5.19. The second kappa shape index (κ2) is 9.86. The smallest absolute Gasteiger partial charge is 0.253 e. The summed E-state index contributed by atoms with van der Waals surface area (Å²) in [5.74, 6) is 1.08. The molecule has 1 N–H and O–H groups in total. The zero-order valence-corrected chi connectivity index (χ0v) is 19.0. The van der Waals surface area contributed by atoms with Crippen LogP contribution < -0.4 is 14.8 Å². The molecule has 1 aliphatic rings. The maximum Gasteiger partial charge on any atom is 0.253 e. The molecule has 0 aliphatic carbocycles. The normalized spacial score (nSPS) is 18.2. The summed E-state index contributed by atoms with van der Waals surface area (Å²) in [5.41, 5.74) is 2.61. The molecule has 1 fully saturated rings. The highest BCUT2D eigenvalue weighted by atomic mass is 16.5. The van der Waals surface area contributed by atoms with Crippen molar-refractivity contribution in [2.75, 3.05) is 33.9 Å². The van der Waals surface area contributed by atoms with Crippen LogP contribution in [0.4, 0.5) is 0 Å². The monoisotopic (exact) mass is 424 g/mol. The van der Waals surface area contributed by atoms with E-state index in [1.54, 1.807) is 19.1 Å². The zero-order chi connectivity index (χ0) is 22.5. The second-order valence-corrected chi connectivity index (χ2v) is 8.54. The molecule has 0 unspecified atom stereocenters. The lowest BCUT2D eigenvalue weighted by molar-refractivity contribution is -0.125. The van der Waals surface area contributed by atoms with Crippen LogP contribution in [0.5, 0.6) is 11.5 Å². The Morgan fingerprint density at radius 2 is 1.77 bits per heavy atom. The highest BCUT2D eigenvalue weighted by Gasteiger charge is 2.41. The van der Waals surface area contributed by atoms with Gasteiger partial charge < -0.3 is 19.7 Å². The van der Waals surface area contributed by atoms with Gasteiger partial charge in [0.1, 0.15) is 11.5 Å². The van der Waals surface area contributed by atoms with E-state index in [4.69, 9.17) is 9.47 Å². The number of methoxy groups -OCH3 is 2. The number of likely N-dealkylation sites (tertiary alicyclic amines) is 1. The molecule has 2 aromatic carbocycles. The van der Waals surface area contributed by atoms with Crippen molar-refractivity contribution < 1.29 is 19.1 Å². The molecule has 1 saturated heterocycles. The minimum Gasteiger partial charge on any atom is -0.497 e. The van der Waals surface area contributed by atoms with Crippen molar-refractivity contribution in [2.24, 2.45) is 11.8 Å². The summed E-state index contributed by atoms with van der Waals surface area (Å²) < 4.78 is 11.0. The van der Waals surface area contributed by atoms with Crippen molar-refractivity contribution in [2.45, 2.75) is 26.7 Å². The summed E-state index contributed by atoms with van der Waals surface area (Å²) in [4.78, 5) is 28.1. The van der Waals surface area contributed by atoms with E-state index < -0.39 is 0 Å². The highest BCUT2D eigenvalue weighted by Crippen LogP contribution is 2.40. The van der Waals surface area contributed by atoms with Crippen LogP contribution in [0.3, 0.4) is 0 Å². The molecular formula is C25H32N2O4. The van der Waals surface area contributed by atoms with E-state index in [0.29, 0.717) is 42.6 Å². The number of amides is 2. The lowest BCUT2D eigenvalue weighted by Gasteiger charge is -2.21. The number of nitrogens with one attached hydrogen (secondary N) is 1. The zero-order valence-electron chi connectivity index (χ0n) is 19.0. The number of carbonyl (C=O) groups is 2. The van der Waals surface area contributed by atoms with Crippen LogP contribution in [0, 0.1) is 18.8 Å². The van der Waals surface area contributed by atoms with Crippen molar-refractivity contribution in [3.05, 3.63) is 59.2 Å². The number of nitrogens with zero attached hydrogens (tertiary/aromatic N) is 1. The van der Waals surface area contributed by atoms with Crippen molar-refractivity contribution in [1.29, 1.82) is 0 Å². The third-order valence-corrected chi connectivity index (χ3v) is 5.76. The number of hydrogen-bond acceptors (Lipinski definition) is 4. The van der Waals surface area contributed by atoms with Crippen LogP contribution in [-0.4, -0.2) is 50.6 Å². The first kappa shape index (κ1) is 22.7. The van der Waals surface area contributed by atoms with E-state index >= 15 is 0 Å². The Hall–Kier alpha value is -3.02. The first-order chi connectivity index (χ1) is 14.8. The fourth-order valence-electron chi connectivity index (χ4n) is 3.99. The number of aryl methyl sites for hydroxylation is 1. The third-order valence-electron chi connectivity index (χ3n) is 5.76. The Bertz CT molecular complexity index is 924. The molecule has 6 heteroatoms. The van der Waals surface area contributed by atoms with Crippen LogP contribution in [0.2, 0.25) is 0 Å². The van der Waals surface area contributed by atoms with Gasteiger partial charge in [0.05, 0.1) is 20.1 Å². The van der Waals surface area contributed by atoms with E-state index in [-0.39, 0.29) is 23.7 Å². The van der Waals surface area contributed by atoms with E-state index in [0.717, 1.165) is 11.1 Å². The average molecular weight is 425 g/mol. The van der Waals surface area contributed by atoms with Gasteiger partial charge in [0.2, 0.25) is 5.91 Å². The van der Waals surface area contributed by atoms with Gasteiger partial charge in [-0.1, -0.05) is 31.5 Å². The van der Waals surface area contributed by atoms with E-state index in [2.05, 4.69) is 19.2 Å². The quantitative estimate of drug-likeness (QED) is 0.737. The molecule has 2 amide bonds. The summed E-state index contributed by atoms with van der Waals surface area (Å²) in [6, 6.07) is 13.1. The lowest BCUT2D eigenvalue weighted by Crippen LogP contribution is -2.37. The number of ether oxygens (including phenoxy) is 2. The fourth-order valence-corrected chi connectivity index (χ4v) is 3.99. The molecule has 0 aromatic heterocycles. The molecule has 1 aliphatic heterocycles. The van der Waals surface area contributed by atoms with Crippen LogP contribution in [0.15, 0.2) is 42.5 Å². The SMILES string of the molecule is COc1ccc(OC)c([C@@H]2CN(C(=O)c3ccc(C)cc3)C[C@@H]2C(=O)NCC(C)C)c1. The van der Waals surface area contributed by atoms with Crippen molar-refractivity contribution in [3.63, 3.8) is 0 Å². The predicted octanol–water partition coefficient (Wildman–Crippen LogP) is 3.64. The molecule has 31 heavy (non-hydrogen) atoms. The van der Waals surface area contributed by atoms with Gasteiger partial charge in [-0.2, -0.15) is 0 Å². The van der Waals surface area contributed by atoms with E-state index in [1.165, 1.54) is 0 Å². The highest BCUT2D eigenvalue weighted by molar-refractivity contribution is 5.95. The molecule has 0 bridgehead atoms. The molecule has 2 aromatic rings. The first-order valence-electron chi connectivity index (χ1n) is 10.7. The second-order valence-electron chi connectivity index (χ2n) is 8.54. The van der Waals surface area contributed by atoms with Gasteiger partial charge >= 0.3 is 0 Å². The van der Waals surface area contributed by atoms with Gasteiger partial charge in [0, 0.05) is 36.7 Å². The van der Waals surface area contributed by atoms with Crippen LogP contribution >= 0.6 is 0 Å². The van der Waals surface area contributed by atoms with Gasteiger partial charge in [-0.25, -0.2) is 0 Å². The maximum atomic E-state index is 13.2. The summed E-state index contributed by atoms with van der Waals surface area (Å²) in [7, 11) is 3.23. The Kier molecular flexibility index (Phi) is 7.21. The van der Waals surface area contributed by atoms with Gasteiger partial charge in [-0.05, 0) is 43.2 Å². The Morgan fingerprint density at radius 1 is 1.06 bits per heavy atom. The Labute approximate surface area is 184 Å². The molecule has 3 rings (SSSR count). The Morgan fingerprint density at radius 3 is 2.39 bits per heavy atom. The average Bonchev–Trinajstić information content (AvgIpc) is 3.22. The number of carbonyl (C=O) groups excluding carboxylic acids is 2. The summed E-state index contributed by atoms with van der Waals surface area (Å²) in [6.07, 6.45) is 0. The minimum atomic E-state index is -0.367. The predicted molar refractivity (Wildman–Crippen MR) is 121 cm³/mol. The van der Waals surface area contributed by atoms with Gasteiger partial charge in [-0.3, -0.25) is 9.59 Å². The summed E-state index contributed by atoms with van der Waals surface area (Å²) in [5, 5.41) is 3.05. The molecule has 2 atom stereocenters. The topological polar surface area (TPSA) is 67.9 Å². The van der Waals surface area contributed by atoms with Crippen molar-refractivity contribution in [1.82, 2.24) is 10.2 Å². The number of rotatable bonds is 7. The van der Waals surface area contributed by atoms with Crippen molar-refractivity contribution in [3.8, 4) is 11.5 Å². The summed E-state index contributed by atoms with van der Waals surface area (Å²) >= 11 is 0. The lowest BCUT2D eigenvalue weighted by atomic mass is 9.87.